The topological polar surface area (TPSA) is 73.2 Å². The summed E-state index contributed by atoms with van der Waals surface area (Å²) < 4.78 is 6.86. The van der Waals surface area contributed by atoms with E-state index in [-0.39, 0.29) is 17.0 Å². The third-order valence-electron chi connectivity index (χ3n) is 5.36. The van der Waals surface area contributed by atoms with Crippen LogP contribution in [0.1, 0.15) is 72.6 Å². The lowest BCUT2D eigenvalue weighted by molar-refractivity contribution is 0.0518. The quantitative estimate of drug-likeness (QED) is 0.366. The maximum Gasteiger partial charge on any atom is 0.358 e. The molecule has 0 atom stereocenters. The van der Waals surface area contributed by atoms with Crippen LogP contribution in [0.4, 0.5) is 0 Å². The van der Waals surface area contributed by atoms with Gasteiger partial charge in [0, 0.05) is 17.5 Å². The van der Waals surface area contributed by atoms with Crippen LogP contribution in [0.5, 0.6) is 0 Å². The lowest BCUT2D eigenvalue weighted by atomic mass is 9.91. The van der Waals surface area contributed by atoms with Gasteiger partial charge in [0.1, 0.15) is 0 Å². The van der Waals surface area contributed by atoms with Gasteiger partial charge >= 0.3 is 5.97 Å². The highest BCUT2D eigenvalue weighted by molar-refractivity contribution is 5.94. The molecule has 0 saturated carbocycles. The molecule has 0 spiro atoms. The van der Waals surface area contributed by atoms with Crippen molar-refractivity contribution in [3.05, 3.63) is 83.2 Å². The minimum Gasteiger partial charge on any atom is -0.461 e. The molecule has 6 nitrogen and oxygen atoms in total. The van der Waals surface area contributed by atoms with Crippen molar-refractivity contribution in [3.63, 3.8) is 0 Å². The summed E-state index contributed by atoms with van der Waals surface area (Å²) in [6.07, 6.45) is 2.97. The molecule has 0 fully saturated rings. The number of unbranched alkanes of at least 4 members (excludes halogenated alkanes) is 1. The molecule has 0 aliphatic carbocycles. The Kier molecular flexibility index (Phi) is 8.04. The van der Waals surface area contributed by atoms with E-state index in [2.05, 4.69) is 43.3 Å². The number of carbonyl (C=O) groups excluding carboxylic acids is 2. The molecule has 0 unspecified atom stereocenters. The Morgan fingerprint density at radius 2 is 1.70 bits per heavy atom. The normalized spacial score (nSPS) is 11.3. The van der Waals surface area contributed by atoms with Gasteiger partial charge in [-0.25, -0.2) is 9.48 Å². The zero-order valence-corrected chi connectivity index (χ0v) is 19.9. The van der Waals surface area contributed by atoms with E-state index >= 15 is 0 Å². The van der Waals surface area contributed by atoms with Crippen LogP contribution in [0.15, 0.2) is 60.7 Å². The summed E-state index contributed by atoms with van der Waals surface area (Å²) >= 11 is 0. The number of hydrogen-bond donors (Lipinski definition) is 1. The van der Waals surface area contributed by atoms with E-state index in [0.29, 0.717) is 18.7 Å². The van der Waals surface area contributed by atoms with E-state index in [1.165, 1.54) is 5.56 Å². The first kappa shape index (κ1) is 24.2. The Balaban J connectivity index is 1.62. The van der Waals surface area contributed by atoms with Crippen LogP contribution in [0, 0.1) is 0 Å². The highest BCUT2D eigenvalue weighted by atomic mass is 16.5. The average Bonchev–Trinajstić information content (AvgIpc) is 3.26. The van der Waals surface area contributed by atoms with Crippen molar-refractivity contribution in [2.75, 3.05) is 13.2 Å². The molecular weight excluding hydrogens is 414 g/mol. The van der Waals surface area contributed by atoms with Crippen molar-refractivity contribution in [2.45, 2.75) is 52.4 Å². The number of ether oxygens (including phenoxy) is 1. The number of benzene rings is 2. The maximum atomic E-state index is 12.5. The predicted octanol–water partition coefficient (Wildman–Crippen LogP) is 5.10. The first-order valence-electron chi connectivity index (χ1n) is 11.5. The Morgan fingerprint density at radius 3 is 2.33 bits per heavy atom. The van der Waals surface area contributed by atoms with Gasteiger partial charge < -0.3 is 10.1 Å². The number of nitrogens with zero attached hydrogens (tertiary/aromatic N) is 2. The van der Waals surface area contributed by atoms with Crippen molar-refractivity contribution >= 4 is 11.9 Å². The fraction of sp³-hybridized carbons (Fsp3) is 0.370. The van der Waals surface area contributed by atoms with Crippen LogP contribution in [0.3, 0.4) is 0 Å². The Labute approximate surface area is 196 Å². The standard InChI is InChI=1S/C27H33N3O3/c1-5-33-26(32)23-19-24(27(2,3)4)30(29-23)22-16-14-21(15-17-22)25(31)28-18-10-9-13-20-11-7-6-8-12-20/h6-8,11-12,14-17,19H,5,9-10,13,18H2,1-4H3,(H,28,31). The summed E-state index contributed by atoms with van der Waals surface area (Å²) in [5, 5.41) is 7.47. The highest BCUT2D eigenvalue weighted by Crippen LogP contribution is 2.26. The molecule has 1 heterocycles. The summed E-state index contributed by atoms with van der Waals surface area (Å²) in [7, 11) is 0. The van der Waals surface area contributed by atoms with Crippen LogP contribution >= 0.6 is 0 Å². The molecule has 174 valence electrons. The van der Waals surface area contributed by atoms with Crippen molar-refractivity contribution in [1.29, 1.82) is 0 Å². The van der Waals surface area contributed by atoms with Crippen molar-refractivity contribution < 1.29 is 14.3 Å². The molecule has 1 N–H and O–H groups in total. The summed E-state index contributed by atoms with van der Waals surface area (Å²) in [5.41, 5.74) is 3.64. The molecule has 1 amide bonds. The molecule has 3 aromatic rings. The van der Waals surface area contributed by atoms with Gasteiger partial charge in [0.15, 0.2) is 5.69 Å². The van der Waals surface area contributed by atoms with Gasteiger partial charge in [-0.2, -0.15) is 5.10 Å². The fourth-order valence-electron chi connectivity index (χ4n) is 3.57. The van der Waals surface area contributed by atoms with Crippen LogP contribution in [0.2, 0.25) is 0 Å². The van der Waals surface area contributed by atoms with Crippen LogP contribution in [0.25, 0.3) is 5.69 Å². The maximum absolute atomic E-state index is 12.5. The predicted molar refractivity (Wildman–Crippen MR) is 130 cm³/mol. The van der Waals surface area contributed by atoms with E-state index in [0.717, 1.165) is 30.6 Å². The van der Waals surface area contributed by atoms with Crippen molar-refractivity contribution in [3.8, 4) is 5.69 Å². The third-order valence-corrected chi connectivity index (χ3v) is 5.36. The number of nitrogens with one attached hydrogen (secondary N) is 1. The van der Waals surface area contributed by atoms with E-state index in [4.69, 9.17) is 4.74 Å². The number of carbonyl (C=O) groups is 2. The van der Waals surface area contributed by atoms with Crippen molar-refractivity contribution in [2.24, 2.45) is 0 Å². The molecule has 0 aliphatic heterocycles. The Morgan fingerprint density at radius 1 is 1.00 bits per heavy atom. The molecule has 0 aliphatic rings. The Bertz CT molecular complexity index is 1060. The first-order valence-corrected chi connectivity index (χ1v) is 11.5. The minimum absolute atomic E-state index is 0.0926. The zero-order valence-electron chi connectivity index (χ0n) is 19.9. The van der Waals surface area contributed by atoms with Crippen LogP contribution in [-0.2, 0) is 16.6 Å². The lowest BCUT2D eigenvalue weighted by Gasteiger charge is -2.20. The summed E-state index contributed by atoms with van der Waals surface area (Å²) in [5.74, 6) is -0.532. The third kappa shape index (κ3) is 6.54. The Hall–Kier alpha value is -3.41. The fourth-order valence-corrected chi connectivity index (χ4v) is 3.57. The van der Waals surface area contributed by atoms with Gasteiger partial charge in [-0.1, -0.05) is 51.1 Å². The largest absolute Gasteiger partial charge is 0.461 e. The van der Waals surface area contributed by atoms with Gasteiger partial charge in [-0.3, -0.25) is 4.79 Å². The first-order chi connectivity index (χ1) is 15.8. The molecule has 2 aromatic carbocycles. The lowest BCUT2D eigenvalue weighted by Crippen LogP contribution is -2.24. The van der Waals surface area contributed by atoms with Gasteiger partial charge in [-0.15, -0.1) is 0 Å². The van der Waals surface area contributed by atoms with E-state index in [9.17, 15) is 9.59 Å². The molecule has 1 aromatic heterocycles. The molecular formula is C27H33N3O3. The SMILES string of the molecule is CCOC(=O)c1cc(C(C)(C)C)n(-c2ccc(C(=O)NCCCCc3ccccc3)cc2)n1. The smallest absolute Gasteiger partial charge is 0.358 e. The minimum atomic E-state index is -0.440. The molecule has 3 rings (SSSR count). The second-order valence-corrected chi connectivity index (χ2v) is 9.04. The van der Waals surface area contributed by atoms with Gasteiger partial charge in [0.05, 0.1) is 18.0 Å². The summed E-state index contributed by atoms with van der Waals surface area (Å²) in [4.78, 5) is 24.7. The van der Waals surface area contributed by atoms with Gasteiger partial charge in [0.25, 0.3) is 5.91 Å². The highest BCUT2D eigenvalue weighted by Gasteiger charge is 2.24. The number of hydrogen-bond acceptors (Lipinski definition) is 4. The number of rotatable bonds is 9. The monoisotopic (exact) mass is 447 g/mol. The summed E-state index contributed by atoms with van der Waals surface area (Å²) in [6.45, 7) is 8.90. The molecule has 33 heavy (non-hydrogen) atoms. The molecule has 0 bridgehead atoms. The van der Waals surface area contributed by atoms with Crippen LogP contribution < -0.4 is 5.32 Å². The summed E-state index contributed by atoms with van der Waals surface area (Å²) in [6, 6.07) is 19.4. The average molecular weight is 448 g/mol. The molecule has 6 heteroatoms. The second-order valence-electron chi connectivity index (χ2n) is 9.04. The van der Waals surface area contributed by atoms with Gasteiger partial charge in [0.2, 0.25) is 0 Å². The number of amides is 1. The van der Waals surface area contributed by atoms with Crippen molar-refractivity contribution in [1.82, 2.24) is 15.1 Å². The number of aryl methyl sites for hydroxylation is 1. The van der Waals surface area contributed by atoms with E-state index < -0.39 is 5.97 Å². The van der Waals surface area contributed by atoms with E-state index in [1.54, 1.807) is 29.8 Å². The van der Waals surface area contributed by atoms with Gasteiger partial charge in [-0.05, 0) is 62.1 Å². The second kappa shape index (κ2) is 10.9. The number of aromatic nitrogens is 2. The van der Waals surface area contributed by atoms with E-state index in [1.807, 2.05) is 30.3 Å². The number of esters is 1. The molecule has 0 saturated heterocycles. The zero-order chi connectivity index (χ0) is 23.8. The molecule has 0 radical (unpaired) electrons. The van der Waals surface area contributed by atoms with Crippen LogP contribution in [-0.4, -0.2) is 34.8 Å².